The normalized spacial score (nSPS) is 13.8. The van der Waals surface area contributed by atoms with Crippen molar-refractivity contribution >= 4 is 22.5 Å². The van der Waals surface area contributed by atoms with Crippen LogP contribution in [0.25, 0.3) is 10.9 Å². The number of nitrogens with two attached hydrogens (primary N) is 1. The molecule has 0 saturated heterocycles. The maximum absolute atomic E-state index is 6.09. The number of halogens is 1. The summed E-state index contributed by atoms with van der Waals surface area (Å²) in [6.45, 7) is 3.51. The van der Waals surface area contributed by atoms with E-state index >= 15 is 0 Å². The molecule has 0 saturated carbocycles. The second-order valence-electron chi connectivity index (χ2n) is 6.41. The van der Waals surface area contributed by atoms with E-state index in [1.165, 1.54) is 11.1 Å². The molecule has 3 rings (SSSR count). The molecule has 3 N–H and O–H groups in total. The first-order valence-corrected chi connectivity index (χ1v) is 8.50. The Labute approximate surface area is 147 Å². The first kappa shape index (κ1) is 16.9. The molecule has 0 amide bonds. The lowest BCUT2D eigenvalue weighted by Crippen LogP contribution is -2.50. The van der Waals surface area contributed by atoms with Gasteiger partial charge in [0.25, 0.3) is 0 Å². The lowest BCUT2D eigenvalue weighted by molar-refractivity contribution is 0.360. The van der Waals surface area contributed by atoms with Crippen molar-refractivity contribution in [3.05, 3.63) is 76.9 Å². The van der Waals surface area contributed by atoms with Crippen molar-refractivity contribution < 1.29 is 0 Å². The van der Waals surface area contributed by atoms with Crippen molar-refractivity contribution in [3.8, 4) is 0 Å². The first-order chi connectivity index (χ1) is 11.6. The number of pyridine rings is 1. The Morgan fingerprint density at radius 1 is 1.12 bits per heavy atom. The molecule has 0 aliphatic rings. The molecule has 2 aromatic carbocycles. The minimum Gasteiger partial charge on any atom is -0.329 e. The van der Waals surface area contributed by atoms with Crippen LogP contribution in [0.5, 0.6) is 0 Å². The maximum Gasteiger partial charge on any atom is 0.0719 e. The van der Waals surface area contributed by atoms with E-state index in [4.69, 9.17) is 17.3 Å². The Balaban J connectivity index is 1.81. The molecule has 0 fully saturated rings. The number of hydrogen-bond acceptors (Lipinski definition) is 3. The zero-order valence-corrected chi connectivity index (χ0v) is 14.6. The highest BCUT2D eigenvalue weighted by atomic mass is 35.5. The number of hydrogen-bond donors (Lipinski definition) is 2. The molecule has 1 heterocycles. The van der Waals surface area contributed by atoms with Crippen molar-refractivity contribution in [1.82, 2.24) is 10.3 Å². The molecule has 1 unspecified atom stereocenters. The Hall–Kier alpha value is -1.94. The second kappa shape index (κ2) is 7.31. The van der Waals surface area contributed by atoms with Crippen LogP contribution >= 0.6 is 11.6 Å². The zero-order valence-electron chi connectivity index (χ0n) is 13.8. The van der Waals surface area contributed by atoms with Gasteiger partial charge in [0.05, 0.1) is 5.52 Å². The van der Waals surface area contributed by atoms with Gasteiger partial charge >= 0.3 is 0 Å². The molecule has 0 aliphatic heterocycles. The van der Waals surface area contributed by atoms with Crippen molar-refractivity contribution in [2.45, 2.75) is 25.4 Å². The third-order valence-electron chi connectivity index (χ3n) is 4.39. The lowest BCUT2D eigenvalue weighted by atomic mass is 9.91. The van der Waals surface area contributed by atoms with Crippen LogP contribution in [0.3, 0.4) is 0 Å². The summed E-state index contributed by atoms with van der Waals surface area (Å²) < 4.78 is 0. The van der Waals surface area contributed by atoms with Gasteiger partial charge in [-0.1, -0.05) is 48.0 Å². The smallest absolute Gasteiger partial charge is 0.0719 e. The number of rotatable bonds is 6. The summed E-state index contributed by atoms with van der Waals surface area (Å²) in [5.41, 5.74) is 9.30. The molecular weight excluding hydrogens is 318 g/mol. The van der Waals surface area contributed by atoms with E-state index in [2.05, 4.69) is 47.6 Å². The predicted molar refractivity (Wildman–Crippen MR) is 101 cm³/mol. The van der Waals surface area contributed by atoms with Crippen LogP contribution in [-0.2, 0) is 13.0 Å². The van der Waals surface area contributed by atoms with Crippen molar-refractivity contribution in [2.24, 2.45) is 5.73 Å². The van der Waals surface area contributed by atoms with E-state index in [-0.39, 0.29) is 5.54 Å². The molecule has 0 radical (unpaired) electrons. The number of benzene rings is 2. The largest absolute Gasteiger partial charge is 0.329 e. The monoisotopic (exact) mass is 339 g/mol. The van der Waals surface area contributed by atoms with Crippen LogP contribution in [0.4, 0.5) is 0 Å². The van der Waals surface area contributed by atoms with E-state index in [1.54, 1.807) is 0 Å². The third-order valence-corrected chi connectivity index (χ3v) is 4.62. The zero-order chi connectivity index (χ0) is 17.0. The van der Waals surface area contributed by atoms with Gasteiger partial charge in [-0.3, -0.25) is 4.98 Å². The van der Waals surface area contributed by atoms with Gasteiger partial charge in [-0.05, 0) is 42.7 Å². The Bertz CT molecular complexity index is 819. The van der Waals surface area contributed by atoms with Gasteiger partial charge in [0.1, 0.15) is 0 Å². The van der Waals surface area contributed by atoms with Gasteiger partial charge in [-0.2, -0.15) is 0 Å². The molecule has 124 valence electrons. The number of nitrogens with zero attached hydrogens (tertiary/aromatic N) is 1. The molecule has 1 aromatic heterocycles. The second-order valence-corrected chi connectivity index (χ2v) is 6.85. The fourth-order valence-corrected chi connectivity index (χ4v) is 3.04. The van der Waals surface area contributed by atoms with E-state index in [0.717, 1.165) is 23.9 Å². The highest BCUT2D eigenvalue weighted by Gasteiger charge is 2.23. The predicted octanol–water partition coefficient (Wildman–Crippen LogP) is 3.94. The Morgan fingerprint density at radius 2 is 1.92 bits per heavy atom. The molecule has 3 nitrogen and oxygen atoms in total. The minimum absolute atomic E-state index is 0.191. The first-order valence-electron chi connectivity index (χ1n) is 8.12. The van der Waals surface area contributed by atoms with Gasteiger partial charge in [0.15, 0.2) is 0 Å². The summed E-state index contributed by atoms with van der Waals surface area (Å²) in [5, 5.41) is 5.45. The summed E-state index contributed by atoms with van der Waals surface area (Å²) in [6, 6.07) is 18.3. The fourth-order valence-electron chi connectivity index (χ4n) is 2.87. The summed E-state index contributed by atoms with van der Waals surface area (Å²) in [4.78, 5) is 4.42. The van der Waals surface area contributed by atoms with Crippen LogP contribution in [0.2, 0.25) is 5.02 Å². The van der Waals surface area contributed by atoms with Crippen molar-refractivity contribution in [3.63, 3.8) is 0 Å². The summed E-state index contributed by atoms with van der Waals surface area (Å²) in [5.74, 6) is 0. The van der Waals surface area contributed by atoms with E-state index in [0.29, 0.717) is 11.6 Å². The van der Waals surface area contributed by atoms with Gasteiger partial charge in [0.2, 0.25) is 0 Å². The fraction of sp³-hybridized carbons (Fsp3) is 0.250. The highest BCUT2D eigenvalue weighted by molar-refractivity contribution is 6.31. The van der Waals surface area contributed by atoms with Crippen molar-refractivity contribution in [1.29, 1.82) is 0 Å². The highest BCUT2D eigenvalue weighted by Crippen LogP contribution is 2.24. The average Bonchev–Trinajstić information content (AvgIpc) is 2.61. The molecule has 0 spiro atoms. The van der Waals surface area contributed by atoms with Crippen LogP contribution in [0.1, 0.15) is 18.1 Å². The number of fused-ring (bicyclic) bond motifs is 1. The molecule has 24 heavy (non-hydrogen) atoms. The van der Waals surface area contributed by atoms with Gasteiger partial charge in [0, 0.05) is 35.2 Å². The Kier molecular flexibility index (Phi) is 5.14. The maximum atomic E-state index is 6.09. The molecule has 1 atom stereocenters. The molecular formula is C20H22ClN3. The van der Waals surface area contributed by atoms with Crippen LogP contribution in [0, 0.1) is 0 Å². The van der Waals surface area contributed by atoms with Crippen LogP contribution < -0.4 is 11.1 Å². The lowest BCUT2D eigenvalue weighted by Gasteiger charge is -2.30. The molecule has 0 bridgehead atoms. The molecule has 3 aromatic rings. The summed E-state index contributed by atoms with van der Waals surface area (Å²) in [6.07, 6.45) is 2.67. The van der Waals surface area contributed by atoms with Gasteiger partial charge < -0.3 is 11.1 Å². The van der Waals surface area contributed by atoms with E-state index < -0.39 is 0 Å². The summed E-state index contributed by atoms with van der Waals surface area (Å²) >= 11 is 6.08. The topological polar surface area (TPSA) is 50.9 Å². The third kappa shape index (κ3) is 3.93. The Morgan fingerprint density at radius 3 is 2.67 bits per heavy atom. The van der Waals surface area contributed by atoms with Crippen LogP contribution in [0.15, 0.2) is 60.8 Å². The SMILES string of the molecule is CC(CN)(Cc1ccnc2cc(Cl)ccc12)NCc1ccccc1. The van der Waals surface area contributed by atoms with E-state index in [9.17, 15) is 0 Å². The van der Waals surface area contributed by atoms with Crippen molar-refractivity contribution in [2.75, 3.05) is 6.54 Å². The number of nitrogens with one attached hydrogen (secondary N) is 1. The molecule has 0 aliphatic carbocycles. The molecule has 4 heteroatoms. The number of aromatic nitrogens is 1. The summed E-state index contributed by atoms with van der Waals surface area (Å²) in [7, 11) is 0. The van der Waals surface area contributed by atoms with E-state index in [1.807, 2.05) is 30.5 Å². The van der Waals surface area contributed by atoms with Crippen LogP contribution in [-0.4, -0.2) is 17.1 Å². The average molecular weight is 340 g/mol. The van der Waals surface area contributed by atoms with Gasteiger partial charge in [-0.15, -0.1) is 0 Å². The standard InChI is InChI=1S/C20H22ClN3/c1-20(14-22,24-13-15-5-3-2-4-6-15)12-16-9-10-23-19-11-17(21)7-8-18(16)19/h2-11,24H,12-14,22H2,1H3. The van der Waals surface area contributed by atoms with Gasteiger partial charge in [-0.25, -0.2) is 0 Å². The quantitative estimate of drug-likeness (QED) is 0.715. The minimum atomic E-state index is -0.191.